The molecule has 6 heteroatoms. The number of piperidine rings is 1. The lowest BCUT2D eigenvalue weighted by atomic mass is 9.96. The van der Waals surface area contributed by atoms with Gasteiger partial charge in [0.25, 0.3) is 0 Å². The molecule has 0 bridgehead atoms. The van der Waals surface area contributed by atoms with Crippen LogP contribution in [0.2, 0.25) is 0 Å². The highest BCUT2D eigenvalue weighted by atomic mass is 19.1. The smallest absolute Gasteiger partial charge is 0.226 e. The molecule has 0 unspecified atom stereocenters. The van der Waals surface area contributed by atoms with Gasteiger partial charge in [-0.1, -0.05) is 0 Å². The van der Waals surface area contributed by atoms with Gasteiger partial charge in [0.2, 0.25) is 11.8 Å². The molecule has 0 radical (unpaired) electrons. The molecule has 1 amide bonds. The van der Waals surface area contributed by atoms with Crippen LogP contribution in [0.15, 0.2) is 28.7 Å². The number of nitrogens with zero attached hydrogens (tertiary/aromatic N) is 3. The molecule has 1 saturated heterocycles. The number of hydrogen-bond donors (Lipinski definition) is 0. The monoisotopic (exact) mass is 373 g/mol. The second kappa shape index (κ2) is 8.65. The Balaban J connectivity index is 1.68. The highest BCUT2D eigenvalue weighted by molar-refractivity contribution is 5.79. The SMILES string of the molecule is CCN(CC)C(=O)[C@@H]1CCCN(Cc2nc(-c3ccc(F)cc3)oc2C)C1. The third-order valence-electron chi connectivity index (χ3n) is 5.29. The lowest BCUT2D eigenvalue weighted by Crippen LogP contribution is -2.44. The second-order valence-corrected chi connectivity index (χ2v) is 7.11. The first-order chi connectivity index (χ1) is 13.0. The third-order valence-corrected chi connectivity index (χ3v) is 5.29. The number of aromatic nitrogens is 1. The van der Waals surface area contributed by atoms with E-state index in [9.17, 15) is 9.18 Å². The van der Waals surface area contributed by atoms with Crippen molar-refractivity contribution >= 4 is 5.91 Å². The highest BCUT2D eigenvalue weighted by Gasteiger charge is 2.29. The Bertz CT molecular complexity index is 768. The second-order valence-electron chi connectivity index (χ2n) is 7.11. The van der Waals surface area contributed by atoms with Crippen molar-refractivity contribution in [2.75, 3.05) is 26.2 Å². The van der Waals surface area contributed by atoms with Crippen molar-refractivity contribution in [3.63, 3.8) is 0 Å². The fourth-order valence-electron chi connectivity index (χ4n) is 3.70. The van der Waals surface area contributed by atoms with Gasteiger partial charge in [-0.15, -0.1) is 0 Å². The molecule has 1 aliphatic heterocycles. The number of carbonyl (C=O) groups is 1. The summed E-state index contributed by atoms with van der Waals surface area (Å²) in [5, 5.41) is 0. The van der Waals surface area contributed by atoms with Gasteiger partial charge in [-0.05, 0) is 64.4 Å². The van der Waals surface area contributed by atoms with Crippen molar-refractivity contribution in [1.82, 2.24) is 14.8 Å². The van der Waals surface area contributed by atoms with Crippen molar-refractivity contribution < 1.29 is 13.6 Å². The van der Waals surface area contributed by atoms with Gasteiger partial charge < -0.3 is 9.32 Å². The number of hydrogen-bond acceptors (Lipinski definition) is 4. The topological polar surface area (TPSA) is 49.6 Å². The summed E-state index contributed by atoms with van der Waals surface area (Å²) < 4.78 is 18.9. The predicted molar refractivity (Wildman–Crippen MR) is 103 cm³/mol. The first-order valence-corrected chi connectivity index (χ1v) is 9.75. The normalized spacial score (nSPS) is 17.9. The van der Waals surface area contributed by atoms with E-state index in [2.05, 4.69) is 9.88 Å². The zero-order valence-corrected chi connectivity index (χ0v) is 16.4. The van der Waals surface area contributed by atoms with Crippen LogP contribution in [0.1, 0.15) is 38.1 Å². The Labute approximate surface area is 160 Å². The maximum atomic E-state index is 13.1. The van der Waals surface area contributed by atoms with Crippen LogP contribution in [0.3, 0.4) is 0 Å². The summed E-state index contributed by atoms with van der Waals surface area (Å²) >= 11 is 0. The molecule has 1 aromatic carbocycles. The van der Waals surface area contributed by atoms with E-state index in [1.54, 1.807) is 12.1 Å². The number of amides is 1. The van der Waals surface area contributed by atoms with Gasteiger partial charge in [0.1, 0.15) is 11.6 Å². The average molecular weight is 373 g/mol. The molecule has 0 saturated carbocycles. The number of oxazole rings is 1. The van der Waals surface area contributed by atoms with Crippen molar-refractivity contribution in [3.05, 3.63) is 41.5 Å². The number of aryl methyl sites for hydroxylation is 1. The minimum Gasteiger partial charge on any atom is -0.441 e. The summed E-state index contributed by atoms with van der Waals surface area (Å²) in [5.74, 6) is 1.32. The predicted octanol–water partition coefficient (Wildman–Crippen LogP) is 3.87. The zero-order chi connectivity index (χ0) is 19.4. The molecule has 1 atom stereocenters. The molecule has 2 aromatic rings. The van der Waals surface area contributed by atoms with Gasteiger partial charge in [0.05, 0.1) is 11.6 Å². The van der Waals surface area contributed by atoms with E-state index in [0.29, 0.717) is 12.4 Å². The zero-order valence-electron chi connectivity index (χ0n) is 16.4. The highest BCUT2D eigenvalue weighted by Crippen LogP contribution is 2.25. The maximum absolute atomic E-state index is 13.1. The Morgan fingerprint density at radius 3 is 2.67 bits per heavy atom. The molecule has 1 aromatic heterocycles. The summed E-state index contributed by atoms with van der Waals surface area (Å²) in [6.07, 6.45) is 1.96. The summed E-state index contributed by atoms with van der Waals surface area (Å²) in [6, 6.07) is 6.15. The Kier molecular flexibility index (Phi) is 6.26. The lowest BCUT2D eigenvalue weighted by molar-refractivity contribution is -0.137. The Morgan fingerprint density at radius 2 is 2.00 bits per heavy atom. The van der Waals surface area contributed by atoms with Crippen LogP contribution >= 0.6 is 0 Å². The number of benzene rings is 1. The minimum atomic E-state index is -0.278. The summed E-state index contributed by atoms with van der Waals surface area (Å²) in [6.45, 7) is 9.85. The molecule has 3 rings (SSSR count). The van der Waals surface area contributed by atoms with Crippen LogP contribution in [0.25, 0.3) is 11.5 Å². The fourth-order valence-corrected chi connectivity index (χ4v) is 3.70. The number of likely N-dealkylation sites (tertiary alicyclic amines) is 1. The van der Waals surface area contributed by atoms with Crippen molar-refractivity contribution in [2.45, 2.75) is 40.2 Å². The minimum absolute atomic E-state index is 0.0578. The van der Waals surface area contributed by atoms with Gasteiger partial charge in [-0.25, -0.2) is 9.37 Å². The van der Waals surface area contributed by atoms with Crippen LogP contribution in [-0.4, -0.2) is 46.9 Å². The number of carbonyl (C=O) groups excluding carboxylic acids is 1. The Hall–Kier alpha value is -2.21. The summed E-state index contributed by atoms with van der Waals surface area (Å²) in [7, 11) is 0. The molecule has 1 aliphatic rings. The van der Waals surface area contributed by atoms with Crippen LogP contribution in [0.4, 0.5) is 4.39 Å². The molecular weight excluding hydrogens is 345 g/mol. The van der Waals surface area contributed by atoms with Gasteiger partial charge in [0.15, 0.2) is 0 Å². The molecule has 5 nitrogen and oxygen atoms in total. The maximum Gasteiger partial charge on any atom is 0.226 e. The van der Waals surface area contributed by atoms with Crippen molar-refractivity contribution in [1.29, 1.82) is 0 Å². The molecule has 146 valence electrons. The van der Waals surface area contributed by atoms with Gasteiger partial charge in [0, 0.05) is 31.7 Å². The third kappa shape index (κ3) is 4.56. The van der Waals surface area contributed by atoms with E-state index in [0.717, 1.165) is 56.0 Å². The van der Waals surface area contributed by atoms with E-state index in [1.165, 1.54) is 12.1 Å². The van der Waals surface area contributed by atoms with E-state index in [1.807, 2.05) is 25.7 Å². The van der Waals surface area contributed by atoms with Gasteiger partial charge in [-0.2, -0.15) is 0 Å². The largest absolute Gasteiger partial charge is 0.441 e. The first kappa shape index (κ1) is 19.5. The Morgan fingerprint density at radius 1 is 1.30 bits per heavy atom. The van der Waals surface area contributed by atoms with Crippen LogP contribution in [0.5, 0.6) is 0 Å². The van der Waals surface area contributed by atoms with Crippen LogP contribution in [-0.2, 0) is 11.3 Å². The lowest BCUT2D eigenvalue weighted by Gasteiger charge is -2.34. The molecular formula is C21H28FN3O2. The quantitative estimate of drug-likeness (QED) is 0.771. The summed E-state index contributed by atoms with van der Waals surface area (Å²) in [4.78, 5) is 21.5. The number of rotatable bonds is 6. The van der Waals surface area contributed by atoms with Gasteiger partial charge in [-0.3, -0.25) is 9.69 Å². The van der Waals surface area contributed by atoms with E-state index >= 15 is 0 Å². The molecule has 0 spiro atoms. The van der Waals surface area contributed by atoms with Gasteiger partial charge >= 0.3 is 0 Å². The fraction of sp³-hybridized carbons (Fsp3) is 0.524. The molecule has 1 fully saturated rings. The first-order valence-electron chi connectivity index (χ1n) is 9.75. The van der Waals surface area contributed by atoms with Crippen LogP contribution in [0, 0.1) is 18.7 Å². The van der Waals surface area contributed by atoms with E-state index in [-0.39, 0.29) is 17.6 Å². The van der Waals surface area contributed by atoms with Crippen molar-refractivity contribution in [3.8, 4) is 11.5 Å². The molecule has 0 N–H and O–H groups in total. The molecule has 0 aliphatic carbocycles. The van der Waals surface area contributed by atoms with Crippen LogP contribution < -0.4 is 0 Å². The standard InChI is InChI=1S/C21H28FN3O2/c1-4-25(5-2)21(26)17-7-6-12-24(13-17)14-19-15(3)27-20(23-19)16-8-10-18(22)11-9-16/h8-11,17H,4-7,12-14H2,1-3H3/t17-/m1/s1. The average Bonchev–Trinajstić information content (AvgIpc) is 3.04. The molecule has 2 heterocycles. The molecule has 27 heavy (non-hydrogen) atoms. The van der Waals surface area contributed by atoms with E-state index < -0.39 is 0 Å². The van der Waals surface area contributed by atoms with Crippen molar-refractivity contribution in [2.24, 2.45) is 5.92 Å². The number of halogens is 1. The summed E-state index contributed by atoms with van der Waals surface area (Å²) in [5.41, 5.74) is 1.64. The van der Waals surface area contributed by atoms with E-state index in [4.69, 9.17) is 4.42 Å².